The van der Waals surface area contributed by atoms with E-state index in [1.165, 1.54) is 24.3 Å². The summed E-state index contributed by atoms with van der Waals surface area (Å²) in [5.41, 5.74) is 5.62. The molecule has 0 saturated heterocycles. The van der Waals surface area contributed by atoms with Crippen molar-refractivity contribution in [2.75, 3.05) is 0 Å². The highest BCUT2D eigenvalue weighted by Gasteiger charge is 2.11. The van der Waals surface area contributed by atoms with E-state index >= 15 is 0 Å². The molecular formula is C18H22N4O3. The summed E-state index contributed by atoms with van der Waals surface area (Å²) in [6, 6.07) is 7.55. The Bertz CT molecular complexity index is 822. The summed E-state index contributed by atoms with van der Waals surface area (Å²) < 4.78 is 2.22. The van der Waals surface area contributed by atoms with Crippen LogP contribution in [0.5, 0.6) is 0 Å². The minimum atomic E-state index is -0.538. The van der Waals surface area contributed by atoms with E-state index in [0.29, 0.717) is 5.92 Å². The Hall–Kier alpha value is -2.96. The molecule has 1 heterocycles. The zero-order valence-electron chi connectivity index (χ0n) is 14.8. The number of aromatic nitrogens is 1. The van der Waals surface area contributed by atoms with Gasteiger partial charge >= 0.3 is 0 Å². The topological polar surface area (TPSA) is 89.5 Å². The number of hydrazone groups is 1. The SMILES string of the molecule is Cc1cc(C=NNC(=O)c2cccc([N+](=O)[O-])c2)c(C)n1CC(C)C. The van der Waals surface area contributed by atoms with Crippen LogP contribution in [0.15, 0.2) is 35.4 Å². The summed E-state index contributed by atoms with van der Waals surface area (Å²) in [6.07, 6.45) is 1.59. The van der Waals surface area contributed by atoms with Gasteiger partial charge in [0.15, 0.2) is 0 Å². The van der Waals surface area contributed by atoms with Crippen molar-refractivity contribution in [2.24, 2.45) is 11.0 Å². The highest BCUT2D eigenvalue weighted by Crippen LogP contribution is 2.16. The maximum Gasteiger partial charge on any atom is 0.271 e. The molecule has 0 spiro atoms. The number of amides is 1. The van der Waals surface area contributed by atoms with Gasteiger partial charge in [-0.05, 0) is 31.9 Å². The molecule has 0 unspecified atom stereocenters. The predicted molar refractivity (Wildman–Crippen MR) is 96.9 cm³/mol. The number of nitrogens with zero attached hydrogens (tertiary/aromatic N) is 3. The number of non-ortho nitro benzene ring substituents is 1. The molecule has 7 nitrogen and oxygen atoms in total. The van der Waals surface area contributed by atoms with Crippen LogP contribution < -0.4 is 5.43 Å². The maximum atomic E-state index is 12.1. The molecule has 1 aromatic heterocycles. The number of benzene rings is 1. The molecule has 0 atom stereocenters. The lowest BCUT2D eigenvalue weighted by Gasteiger charge is -2.11. The molecule has 2 aromatic rings. The van der Waals surface area contributed by atoms with E-state index in [0.717, 1.165) is 23.5 Å². The molecule has 0 fully saturated rings. The fourth-order valence-corrected chi connectivity index (χ4v) is 2.59. The van der Waals surface area contributed by atoms with Gasteiger partial charge in [0.1, 0.15) is 0 Å². The Morgan fingerprint density at radius 3 is 2.72 bits per heavy atom. The molecule has 0 bridgehead atoms. The molecule has 0 aliphatic rings. The van der Waals surface area contributed by atoms with Crippen LogP contribution in [0.2, 0.25) is 0 Å². The Labute approximate surface area is 146 Å². The van der Waals surface area contributed by atoms with Gasteiger partial charge in [-0.15, -0.1) is 0 Å². The van der Waals surface area contributed by atoms with Crippen LogP contribution in [0.4, 0.5) is 5.69 Å². The lowest BCUT2D eigenvalue weighted by molar-refractivity contribution is -0.384. The zero-order valence-corrected chi connectivity index (χ0v) is 14.8. The quantitative estimate of drug-likeness (QED) is 0.495. The molecule has 1 N–H and O–H groups in total. The first-order chi connectivity index (χ1) is 11.8. The van der Waals surface area contributed by atoms with E-state index in [1.54, 1.807) is 6.21 Å². The van der Waals surface area contributed by atoms with Crippen molar-refractivity contribution < 1.29 is 9.72 Å². The van der Waals surface area contributed by atoms with Crippen LogP contribution in [0.1, 0.15) is 41.2 Å². The van der Waals surface area contributed by atoms with Crippen molar-refractivity contribution in [3.63, 3.8) is 0 Å². The number of carbonyl (C=O) groups excluding carboxylic acids is 1. The van der Waals surface area contributed by atoms with Gasteiger partial charge in [-0.2, -0.15) is 5.10 Å². The van der Waals surface area contributed by atoms with Gasteiger partial charge in [-0.3, -0.25) is 14.9 Å². The van der Waals surface area contributed by atoms with Crippen LogP contribution in [-0.2, 0) is 6.54 Å². The Kier molecular flexibility index (Phi) is 5.69. The van der Waals surface area contributed by atoms with E-state index in [9.17, 15) is 14.9 Å². The second-order valence-electron chi connectivity index (χ2n) is 6.34. The van der Waals surface area contributed by atoms with E-state index in [2.05, 4.69) is 28.9 Å². The molecule has 0 radical (unpaired) electrons. The normalized spacial score (nSPS) is 11.2. The average Bonchev–Trinajstić information content (AvgIpc) is 2.82. The molecule has 1 amide bonds. The lowest BCUT2D eigenvalue weighted by atomic mass is 10.2. The van der Waals surface area contributed by atoms with Gasteiger partial charge in [0.05, 0.1) is 11.1 Å². The minimum absolute atomic E-state index is 0.131. The molecule has 1 aromatic carbocycles. The highest BCUT2D eigenvalue weighted by molar-refractivity contribution is 5.95. The second kappa shape index (κ2) is 7.74. The molecule has 25 heavy (non-hydrogen) atoms. The first kappa shape index (κ1) is 18.4. The van der Waals surface area contributed by atoms with E-state index in [1.807, 2.05) is 19.9 Å². The van der Waals surface area contributed by atoms with E-state index < -0.39 is 10.8 Å². The second-order valence-corrected chi connectivity index (χ2v) is 6.34. The van der Waals surface area contributed by atoms with Gasteiger partial charge in [0, 0.05) is 41.2 Å². The van der Waals surface area contributed by atoms with Crippen molar-refractivity contribution in [1.29, 1.82) is 0 Å². The van der Waals surface area contributed by atoms with Gasteiger partial charge in [-0.1, -0.05) is 19.9 Å². The summed E-state index contributed by atoms with van der Waals surface area (Å²) in [7, 11) is 0. The number of aryl methyl sites for hydroxylation is 1. The van der Waals surface area contributed by atoms with Crippen LogP contribution >= 0.6 is 0 Å². The fourth-order valence-electron chi connectivity index (χ4n) is 2.59. The number of nitro groups is 1. The van der Waals surface area contributed by atoms with Gasteiger partial charge in [0.25, 0.3) is 11.6 Å². The average molecular weight is 342 g/mol. The van der Waals surface area contributed by atoms with Crippen LogP contribution in [0.3, 0.4) is 0 Å². The van der Waals surface area contributed by atoms with Gasteiger partial charge in [-0.25, -0.2) is 5.43 Å². The van der Waals surface area contributed by atoms with Gasteiger partial charge in [0.2, 0.25) is 0 Å². The molecule has 0 aliphatic carbocycles. The van der Waals surface area contributed by atoms with Crippen LogP contribution in [0.25, 0.3) is 0 Å². The number of rotatable bonds is 6. The zero-order chi connectivity index (χ0) is 18.6. The Balaban J connectivity index is 2.09. The standard InChI is InChI=1S/C18H22N4O3/c1-12(2)11-21-13(3)8-16(14(21)4)10-19-20-18(23)15-6-5-7-17(9-15)22(24)25/h5-10,12H,11H2,1-4H3,(H,20,23). The summed E-state index contributed by atoms with van der Waals surface area (Å²) in [5.74, 6) is 0.0408. The molecular weight excluding hydrogens is 320 g/mol. The number of carbonyl (C=O) groups is 1. The lowest BCUT2D eigenvalue weighted by Crippen LogP contribution is -2.17. The third kappa shape index (κ3) is 4.53. The molecule has 132 valence electrons. The third-order valence-corrected chi connectivity index (χ3v) is 3.85. The third-order valence-electron chi connectivity index (χ3n) is 3.85. The largest absolute Gasteiger partial charge is 0.348 e. The summed E-state index contributed by atoms with van der Waals surface area (Å²) in [6.45, 7) is 9.29. The Morgan fingerprint density at radius 1 is 1.36 bits per heavy atom. The number of nitro benzene ring substituents is 1. The van der Waals surface area contributed by atoms with Crippen molar-refractivity contribution in [2.45, 2.75) is 34.2 Å². The summed E-state index contributed by atoms with van der Waals surface area (Å²) in [5, 5.41) is 14.7. The van der Waals surface area contributed by atoms with E-state index in [-0.39, 0.29) is 11.3 Å². The number of hydrogen-bond acceptors (Lipinski definition) is 4. The fraction of sp³-hybridized carbons (Fsp3) is 0.333. The van der Waals surface area contributed by atoms with E-state index in [4.69, 9.17) is 0 Å². The molecule has 0 saturated carbocycles. The summed E-state index contributed by atoms with van der Waals surface area (Å²) >= 11 is 0. The van der Waals surface area contributed by atoms with Crippen molar-refractivity contribution in [3.8, 4) is 0 Å². The van der Waals surface area contributed by atoms with Crippen molar-refractivity contribution in [3.05, 3.63) is 63.0 Å². The predicted octanol–water partition coefficient (Wildman–Crippen LogP) is 3.43. The maximum absolute atomic E-state index is 12.1. The number of nitrogens with one attached hydrogen (secondary N) is 1. The first-order valence-electron chi connectivity index (χ1n) is 8.04. The summed E-state index contributed by atoms with van der Waals surface area (Å²) in [4.78, 5) is 22.3. The van der Waals surface area contributed by atoms with Crippen LogP contribution in [-0.4, -0.2) is 21.6 Å². The Morgan fingerprint density at radius 2 is 2.08 bits per heavy atom. The van der Waals surface area contributed by atoms with Crippen LogP contribution in [0, 0.1) is 29.9 Å². The molecule has 7 heteroatoms. The molecule has 0 aliphatic heterocycles. The van der Waals surface area contributed by atoms with Crippen molar-refractivity contribution >= 4 is 17.8 Å². The first-order valence-corrected chi connectivity index (χ1v) is 8.04. The number of hydrogen-bond donors (Lipinski definition) is 1. The monoisotopic (exact) mass is 342 g/mol. The highest BCUT2D eigenvalue weighted by atomic mass is 16.6. The van der Waals surface area contributed by atoms with Crippen molar-refractivity contribution in [1.82, 2.24) is 9.99 Å². The minimum Gasteiger partial charge on any atom is -0.348 e. The smallest absolute Gasteiger partial charge is 0.271 e. The van der Waals surface area contributed by atoms with Gasteiger partial charge < -0.3 is 4.57 Å². The molecule has 2 rings (SSSR count).